The first-order valence-electron chi connectivity index (χ1n) is 6.87. The maximum Gasteiger partial charge on any atom is 0.185 e. The molecule has 0 amide bonds. The quantitative estimate of drug-likeness (QED) is 0.661. The summed E-state index contributed by atoms with van der Waals surface area (Å²) in [6, 6.07) is 1.52. The van der Waals surface area contributed by atoms with E-state index >= 15 is 0 Å². The van der Waals surface area contributed by atoms with Crippen molar-refractivity contribution in [3.8, 4) is 0 Å². The van der Waals surface area contributed by atoms with Gasteiger partial charge in [0.05, 0.1) is 11.4 Å². The van der Waals surface area contributed by atoms with Crippen LogP contribution < -0.4 is 5.32 Å². The average molecular weight is 338 g/mol. The largest absolute Gasteiger partial charge is 0.347 e. The van der Waals surface area contributed by atoms with E-state index in [0.29, 0.717) is 33.4 Å². The first-order chi connectivity index (χ1) is 10.6. The van der Waals surface area contributed by atoms with E-state index < -0.39 is 5.92 Å². The summed E-state index contributed by atoms with van der Waals surface area (Å²) in [5, 5.41) is 3.19. The smallest absolute Gasteiger partial charge is 0.185 e. The van der Waals surface area contributed by atoms with E-state index in [-0.39, 0.29) is 5.78 Å². The van der Waals surface area contributed by atoms with Crippen molar-refractivity contribution < 1.29 is 9.59 Å². The zero-order valence-electron chi connectivity index (χ0n) is 12.3. The monoisotopic (exact) mass is 337 g/mol. The number of aliphatic imine (C=N–C) groups is 2. The Balaban J connectivity index is 2.25. The van der Waals surface area contributed by atoms with Gasteiger partial charge in [0.1, 0.15) is 22.4 Å². The summed E-state index contributed by atoms with van der Waals surface area (Å²) in [6.45, 7) is 4.28. The van der Waals surface area contributed by atoms with Gasteiger partial charge in [-0.2, -0.15) is 0 Å². The van der Waals surface area contributed by atoms with Crippen LogP contribution in [0, 0.1) is 5.92 Å². The first kappa shape index (κ1) is 16.6. The summed E-state index contributed by atoms with van der Waals surface area (Å²) < 4.78 is 0.326. The Morgan fingerprint density at radius 2 is 2.36 bits per heavy atom. The molecule has 1 atom stereocenters. The molecule has 116 valence electrons. The van der Waals surface area contributed by atoms with Crippen LogP contribution in [0.15, 0.2) is 27.8 Å². The first-order valence-corrected chi connectivity index (χ1v) is 8.07. The van der Waals surface area contributed by atoms with Gasteiger partial charge in [0.25, 0.3) is 0 Å². The fourth-order valence-electron chi connectivity index (χ4n) is 2.04. The summed E-state index contributed by atoms with van der Waals surface area (Å²) in [6.07, 6.45) is 4.86. The molecule has 22 heavy (non-hydrogen) atoms. The molecule has 0 aliphatic carbocycles. The molecule has 1 N–H and O–H groups in total. The minimum absolute atomic E-state index is 0.130. The van der Waals surface area contributed by atoms with Crippen molar-refractivity contribution in [3.05, 3.63) is 32.6 Å². The Labute approximate surface area is 137 Å². The van der Waals surface area contributed by atoms with Crippen LogP contribution in [-0.2, 0) is 0 Å². The molecule has 0 saturated carbocycles. The SMILES string of the molecule is C/C=C(\CC)NC1=NC=NCC1C(=O)c1cc(C=O)c(Cl)s1. The lowest BCUT2D eigenvalue weighted by molar-refractivity contribution is 0.0960. The van der Waals surface area contributed by atoms with Gasteiger partial charge in [0.15, 0.2) is 12.1 Å². The Morgan fingerprint density at radius 3 is 2.95 bits per heavy atom. The number of hydrogen-bond donors (Lipinski definition) is 1. The summed E-state index contributed by atoms with van der Waals surface area (Å²) in [4.78, 5) is 32.3. The second-order valence-corrected chi connectivity index (χ2v) is 6.32. The van der Waals surface area contributed by atoms with Crippen LogP contribution in [-0.4, -0.2) is 30.8 Å². The summed E-state index contributed by atoms with van der Waals surface area (Å²) in [5.74, 6) is -0.0394. The van der Waals surface area contributed by atoms with E-state index in [9.17, 15) is 9.59 Å². The van der Waals surface area contributed by atoms with Gasteiger partial charge in [-0.1, -0.05) is 24.6 Å². The highest BCUT2D eigenvalue weighted by Crippen LogP contribution is 2.29. The van der Waals surface area contributed by atoms with E-state index in [1.165, 1.54) is 12.4 Å². The van der Waals surface area contributed by atoms with Gasteiger partial charge in [-0.3, -0.25) is 14.6 Å². The average Bonchev–Trinajstić information content (AvgIpc) is 2.93. The third-order valence-corrected chi connectivity index (χ3v) is 4.72. The number of ketones is 1. The normalized spacial score (nSPS) is 18.0. The zero-order valence-corrected chi connectivity index (χ0v) is 13.9. The van der Waals surface area contributed by atoms with E-state index in [0.717, 1.165) is 23.5 Å². The predicted octanol–water partition coefficient (Wildman–Crippen LogP) is 3.36. The molecule has 1 aromatic heterocycles. The lowest BCUT2D eigenvalue weighted by Gasteiger charge is -2.20. The van der Waals surface area contributed by atoms with Gasteiger partial charge in [-0.05, 0) is 19.4 Å². The van der Waals surface area contributed by atoms with Crippen molar-refractivity contribution >= 4 is 47.2 Å². The second kappa shape index (κ2) is 7.47. The molecule has 0 fully saturated rings. The lowest BCUT2D eigenvalue weighted by Crippen LogP contribution is -2.38. The molecule has 2 rings (SSSR count). The number of amidine groups is 1. The molecule has 5 nitrogen and oxygen atoms in total. The number of carbonyl (C=O) groups excluding carboxylic acids is 2. The number of hydrogen-bond acceptors (Lipinski definition) is 6. The van der Waals surface area contributed by atoms with Gasteiger partial charge < -0.3 is 5.32 Å². The maximum absolute atomic E-state index is 12.7. The summed E-state index contributed by atoms with van der Waals surface area (Å²) >= 11 is 7.05. The van der Waals surface area contributed by atoms with Crippen molar-refractivity contribution in [1.82, 2.24) is 5.32 Å². The number of thiophene rings is 1. The van der Waals surface area contributed by atoms with Crippen LogP contribution in [0.1, 0.15) is 40.3 Å². The van der Waals surface area contributed by atoms with Crippen LogP contribution in [0.4, 0.5) is 0 Å². The van der Waals surface area contributed by atoms with Crippen molar-refractivity contribution in [3.63, 3.8) is 0 Å². The fourth-order valence-corrected chi connectivity index (χ4v) is 3.24. The van der Waals surface area contributed by atoms with Crippen LogP contribution in [0.25, 0.3) is 0 Å². The number of halogens is 1. The van der Waals surface area contributed by atoms with Gasteiger partial charge >= 0.3 is 0 Å². The number of nitrogens with one attached hydrogen (secondary N) is 1. The molecular weight excluding hydrogens is 322 g/mol. The molecule has 0 bridgehead atoms. The number of aldehydes is 1. The highest BCUT2D eigenvalue weighted by molar-refractivity contribution is 7.18. The second-order valence-electron chi connectivity index (χ2n) is 4.66. The van der Waals surface area contributed by atoms with Crippen LogP contribution in [0.3, 0.4) is 0 Å². The molecular formula is C15H16ClN3O2S. The van der Waals surface area contributed by atoms with E-state index in [1.54, 1.807) is 0 Å². The van der Waals surface area contributed by atoms with Gasteiger partial charge in [0.2, 0.25) is 0 Å². The fraction of sp³-hybridized carbons (Fsp3) is 0.333. The van der Waals surface area contributed by atoms with Crippen molar-refractivity contribution in [2.24, 2.45) is 15.9 Å². The molecule has 0 radical (unpaired) electrons. The van der Waals surface area contributed by atoms with Crippen molar-refractivity contribution in [2.45, 2.75) is 20.3 Å². The van der Waals surface area contributed by atoms with Crippen LogP contribution >= 0.6 is 22.9 Å². The summed E-state index contributed by atoms with van der Waals surface area (Å²) in [7, 11) is 0. The van der Waals surface area contributed by atoms with Gasteiger partial charge in [-0.25, -0.2) is 4.99 Å². The Kier molecular flexibility index (Phi) is 5.63. The van der Waals surface area contributed by atoms with Gasteiger partial charge in [0, 0.05) is 11.3 Å². The number of carbonyl (C=O) groups is 2. The molecule has 0 aromatic carbocycles. The molecule has 1 unspecified atom stereocenters. The maximum atomic E-state index is 12.7. The van der Waals surface area contributed by atoms with E-state index in [2.05, 4.69) is 15.3 Å². The molecule has 1 aromatic rings. The number of nitrogens with zero attached hydrogens (tertiary/aromatic N) is 2. The Bertz CT molecular complexity index is 676. The van der Waals surface area contributed by atoms with E-state index in [1.807, 2.05) is 19.9 Å². The minimum Gasteiger partial charge on any atom is -0.347 e. The number of allylic oxidation sites excluding steroid dienone is 2. The zero-order chi connectivity index (χ0) is 16.1. The predicted molar refractivity (Wildman–Crippen MR) is 90.5 cm³/mol. The molecule has 1 aliphatic heterocycles. The molecule has 1 aliphatic rings. The van der Waals surface area contributed by atoms with Crippen molar-refractivity contribution in [2.75, 3.05) is 6.54 Å². The van der Waals surface area contributed by atoms with Gasteiger partial charge in [-0.15, -0.1) is 11.3 Å². The lowest BCUT2D eigenvalue weighted by atomic mass is 10.00. The molecule has 0 spiro atoms. The Morgan fingerprint density at radius 1 is 1.59 bits per heavy atom. The number of rotatable bonds is 5. The highest BCUT2D eigenvalue weighted by atomic mass is 35.5. The minimum atomic E-state index is -0.485. The third kappa shape index (κ3) is 3.51. The molecule has 0 saturated heterocycles. The van der Waals surface area contributed by atoms with Crippen LogP contribution in [0.5, 0.6) is 0 Å². The topological polar surface area (TPSA) is 70.9 Å². The number of Topliss-reactive ketones (excluding diaryl/α,β-unsaturated/α-hetero) is 1. The summed E-state index contributed by atoms with van der Waals surface area (Å²) in [5.41, 5.74) is 1.33. The molecule has 2 heterocycles. The van der Waals surface area contributed by atoms with E-state index in [4.69, 9.17) is 11.6 Å². The van der Waals surface area contributed by atoms with Crippen molar-refractivity contribution in [1.29, 1.82) is 0 Å². The van der Waals surface area contributed by atoms with Crippen LogP contribution in [0.2, 0.25) is 4.34 Å². The third-order valence-electron chi connectivity index (χ3n) is 3.31. The highest BCUT2D eigenvalue weighted by Gasteiger charge is 2.29. The Hall–Kier alpha value is -1.79. The standard InChI is InChI=1S/C15H16ClN3O2S/c1-3-10(4-2)19-15-11(6-17-8-18-15)13(21)12-5-9(7-20)14(16)22-12/h3,5,7-8,11H,4,6H2,1-2H3,(H,17,18,19)/b10-3+. The molecule has 7 heteroatoms.